The maximum absolute atomic E-state index is 10.9. The van der Waals surface area contributed by atoms with Gasteiger partial charge in [0.1, 0.15) is 6.29 Å². The zero-order valence-electron chi connectivity index (χ0n) is 22.1. The van der Waals surface area contributed by atoms with E-state index in [2.05, 4.69) is 35.5 Å². The molecule has 4 rings (SSSR count). The lowest BCUT2D eigenvalue weighted by Crippen LogP contribution is -2.09. The molecule has 1 aromatic heterocycles. The Kier molecular flexibility index (Phi) is 16.4. The average Bonchev–Trinajstić information content (AvgIpc) is 3.23. The van der Waals surface area contributed by atoms with Crippen molar-refractivity contribution in [1.29, 1.82) is 0 Å². The predicted molar refractivity (Wildman–Crippen MR) is 144 cm³/mol. The number of ether oxygens (including phenoxy) is 1. The van der Waals surface area contributed by atoms with E-state index in [1.54, 1.807) is 18.4 Å². The monoisotopic (exact) mass is 478 g/mol. The molecule has 0 bridgehead atoms. The van der Waals surface area contributed by atoms with Crippen LogP contribution in [-0.2, 0) is 16.0 Å². The third-order valence-electron chi connectivity index (χ3n) is 6.56. The molecule has 0 aliphatic heterocycles. The van der Waals surface area contributed by atoms with Gasteiger partial charge in [-0.3, -0.25) is 0 Å². The molecule has 1 aromatic rings. The Morgan fingerprint density at radius 2 is 1.55 bits per heavy atom. The van der Waals surface area contributed by atoms with Crippen LogP contribution in [0.4, 0.5) is 5.13 Å². The van der Waals surface area contributed by atoms with E-state index in [0.29, 0.717) is 0 Å². The van der Waals surface area contributed by atoms with Crippen LogP contribution in [0.25, 0.3) is 0 Å². The first-order valence-corrected chi connectivity index (χ1v) is 14.1. The summed E-state index contributed by atoms with van der Waals surface area (Å²) in [6.45, 7) is 13.2. The van der Waals surface area contributed by atoms with Crippen molar-refractivity contribution < 1.29 is 9.53 Å². The molecule has 33 heavy (non-hydrogen) atoms. The van der Waals surface area contributed by atoms with Crippen LogP contribution in [0.2, 0.25) is 0 Å². The second-order valence-electron chi connectivity index (χ2n) is 9.93. The Bertz CT molecular complexity index is 628. The molecule has 1 N–H and O–H groups in total. The molecule has 1 heterocycles. The van der Waals surface area contributed by atoms with Gasteiger partial charge in [0, 0.05) is 24.3 Å². The Morgan fingerprint density at radius 3 is 1.91 bits per heavy atom. The van der Waals surface area contributed by atoms with Gasteiger partial charge in [-0.2, -0.15) is 0 Å². The minimum Gasteiger partial charge on any atom is -0.385 e. The minimum absolute atomic E-state index is 0.00525. The van der Waals surface area contributed by atoms with Crippen molar-refractivity contribution in [2.24, 2.45) is 11.8 Å². The Hall–Kier alpha value is -1.20. The van der Waals surface area contributed by atoms with Crippen molar-refractivity contribution in [1.82, 2.24) is 4.98 Å². The molecule has 0 spiro atoms. The lowest BCUT2D eigenvalue weighted by atomic mass is 9.91. The van der Waals surface area contributed by atoms with Crippen LogP contribution in [-0.4, -0.2) is 25.0 Å². The van der Waals surface area contributed by atoms with E-state index in [0.717, 1.165) is 60.5 Å². The molecule has 4 nitrogen and oxygen atoms in total. The fraction of sp³-hybridized carbons (Fsp3) is 0.786. The fourth-order valence-electron chi connectivity index (χ4n) is 4.43. The van der Waals surface area contributed by atoms with Crippen molar-refractivity contribution in [2.75, 3.05) is 19.0 Å². The summed E-state index contributed by atoms with van der Waals surface area (Å²) in [5.74, 6) is 2.08. The highest BCUT2D eigenvalue weighted by Crippen LogP contribution is 2.35. The van der Waals surface area contributed by atoms with Crippen molar-refractivity contribution in [2.45, 2.75) is 117 Å². The molecule has 0 radical (unpaired) electrons. The quantitative estimate of drug-likeness (QED) is 0.440. The van der Waals surface area contributed by atoms with Crippen LogP contribution in [0.3, 0.4) is 0 Å². The molecule has 3 aliphatic carbocycles. The van der Waals surface area contributed by atoms with Crippen LogP contribution in [0, 0.1) is 11.8 Å². The predicted octanol–water partition coefficient (Wildman–Crippen LogP) is 8.53. The summed E-state index contributed by atoms with van der Waals surface area (Å²) >= 11 is 1.64. The number of anilines is 1. The van der Waals surface area contributed by atoms with E-state index >= 15 is 0 Å². The fourth-order valence-corrected chi connectivity index (χ4v) is 5.58. The average molecular weight is 479 g/mol. The van der Waals surface area contributed by atoms with E-state index in [4.69, 9.17) is 0 Å². The number of nitrogens with zero attached hydrogens (tertiary/aromatic N) is 1. The maximum Gasteiger partial charge on any atom is 0.187 e. The van der Waals surface area contributed by atoms with Gasteiger partial charge in [-0.1, -0.05) is 84.6 Å². The number of thiazole rings is 1. The number of allylic oxidation sites excluding steroid dienone is 1. The molecule has 2 saturated carbocycles. The molecular formula is C28H50N2O2S. The summed E-state index contributed by atoms with van der Waals surface area (Å²) in [7, 11) is 1.68. The van der Waals surface area contributed by atoms with Gasteiger partial charge in [0.05, 0.1) is 11.6 Å². The molecule has 0 amide bonds. The first-order valence-electron chi connectivity index (χ1n) is 13.3. The molecular weight excluding hydrogens is 428 g/mol. The summed E-state index contributed by atoms with van der Waals surface area (Å²) in [4.78, 5) is 16.6. The first-order chi connectivity index (χ1) is 15.9. The van der Waals surface area contributed by atoms with Gasteiger partial charge < -0.3 is 14.8 Å². The Labute approximate surface area is 208 Å². The van der Waals surface area contributed by atoms with Crippen molar-refractivity contribution >= 4 is 22.8 Å². The van der Waals surface area contributed by atoms with Crippen LogP contribution >= 0.6 is 11.3 Å². The van der Waals surface area contributed by atoms with E-state index in [1.807, 2.05) is 13.8 Å². The number of fused-ring (bicyclic) bond motifs is 1. The molecule has 0 saturated heterocycles. The lowest BCUT2D eigenvalue weighted by Gasteiger charge is -2.15. The number of aromatic nitrogens is 1. The third-order valence-corrected chi connectivity index (χ3v) is 7.61. The largest absolute Gasteiger partial charge is 0.385 e. The van der Waals surface area contributed by atoms with Gasteiger partial charge in [0.2, 0.25) is 0 Å². The minimum atomic E-state index is 0.00525. The number of rotatable bonds is 4. The zero-order valence-corrected chi connectivity index (χ0v) is 22.9. The SMILES string of the molecule is C=C(C)Nc1nc2c(s1)CCCC2C=O.CC1CCCCC1.CC1CCCCC1.CCOC. The molecule has 2 fully saturated rings. The van der Waals surface area contributed by atoms with Crippen LogP contribution in [0.1, 0.15) is 121 Å². The highest BCUT2D eigenvalue weighted by Gasteiger charge is 2.24. The second-order valence-corrected chi connectivity index (χ2v) is 11.0. The number of carbonyl (C=O) groups is 1. The number of nitrogens with one attached hydrogen (secondary N) is 1. The molecule has 1 unspecified atom stereocenters. The number of hydrogen-bond donors (Lipinski definition) is 1. The second kappa shape index (κ2) is 18.2. The summed E-state index contributed by atoms with van der Waals surface area (Å²) < 4.78 is 4.54. The summed E-state index contributed by atoms with van der Waals surface area (Å²) in [6, 6.07) is 0. The molecule has 1 atom stereocenters. The van der Waals surface area contributed by atoms with E-state index < -0.39 is 0 Å². The smallest absolute Gasteiger partial charge is 0.187 e. The molecule has 0 aromatic carbocycles. The maximum atomic E-state index is 10.9. The van der Waals surface area contributed by atoms with Gasteiger partial charge >= 0.3 is 0 Å². The van der Waals surface area contributed by atoms with Crippen LogP contribution in [0.5, 0.6) is 0 Å². The van der Waals surface area contributed by atoms with E-state index in [-0.39, 0.29) is 5.92 Å². The molecule has 190 valence electrons. The highest BCUT2D eigenvalue weighted by molar-refractivity contribution is 7.15. The number of methoxy groups -OCH3 is 1. The Balaban J connectivity index is 0.000000253. The van der Waals surface area contributed by atoms with Gasteiger partial charge in [-0.25, -0.2) is 4.98 Å². The van der Waals surface area contributed by atoms with Crippen LogP contribution < -0.4 is 5.32 Å². The summed E-state index contributed by atoms with van der Waals surface area (Å²) in [6.07, 6.45) is 19.0. The van der Waals surface area contributed by atoms with Gasteiger partial charge in [-0.05, 0) is 44.9 Å². The Morgan fingerprint density at radius 1 is 1.03 bits per heavy atom. The number of aryl methyl sites for hydroxylation is 1. The topological polar surface area (TPSA) is 51.2 Å². The van der Waals surface area contributed by atoms with Crippen molar-refractivity contribution in [3.8, 4) is 0 Å². The van der Waals surface area contributed by atoms with Gasteiger partial charge in [0.15, 0.2) is 5.13 Å². The van der Waals surface area contributed by atoms with Crippen molar-refractivity contribution in [3.05, 3.63) is 22.8 Å². The molecule has 5 heteroatoms. The van der Waals surface area contributed by atoms with Gasteiger partial charge in [-0.15, -0.1) is 11.3 Å². The normalized spacial score (nSPS) is 20.5. The van der Waals surface area contributed by atoms with Crippen LogP contribution in [0.15, 0.2) is 12.3 Å². The van der Waals surface area contributed by atoms with Crippen molar-refractivity contribution in [3.63, 3.8) is 0 Å². The number of hydrogen-bond acceptors (Lipinski definition) is 5. The van der Waals surface area contributed by atoms with E-state index in [9.17, 15) is 4.79 Å². The zero-order chi connectivity index (χ0) is 24.5. The lowest BCUT2D eigenvalue weighted by molar-refractivity contribution is -0.109. The summed E-state index contributed by atoms with van der Waals surface area (Å²) in [5.41, 5.74) is 1.86. The highest BCUT2D eigenvalue weighted by atomic mass is 32.1. The number of aldehydes is 1. The standard InChI is InChI=1S/C11H14N2OS.2C7H14.C3H8O/c1-7(2)12-11-13-10-8(6-14)4-3-5-9(10)15-11;2*1-7-5-3-2-4-6-7;1-3-4-2/h6,8H,1,3-5H2,2H3,(H,12,13);2*7H,2-6H2,1H3;3H2,1-2H3. The summed E-state index contributed by atoms with van der Waals surface area (Å²) in [5, 5.41) is 3.97. The van der Waals surface area contributed by atoms with E-state index in [1.165, 1.54) is 69.1 Å². The molecule has 3 aliphatic rings. The third kappa shape index (κ3) is 13.3. The first kappa shape index (κ1) is 29.8. The number of carbonyl (C=O) groups excluding carboxylic acids is 1. The van der Waals surface area contributed by atoms with Gasteiger partial charge in [0.25, 0.3) is 0 Å².